The molecule has 1 N–H and O–H groups in total. The van der Waals surface area contributed by atoms with Crippen molar-refractivity contribution in [2.45, 2.75) is 12.8 Å². The Morgan fingerprint density at radius 3 is 3.00 bits per heavy atom. The molecule has 1 heterocycles. The molecule has 1 aromatic rings. The molecule has 0 aliphatic rings. The number of hydrogen-bond donors (Lipinski definition) is 1. The number of hydrogen-bond acceptors (Lipinski definition) is 4. The average molecular weight is 142 g/mol. The van der Waals surface area contributed by atoms with Crippen LogP contribution in [0.15, 0.2) is 0 Å². The Kier molecular flexibility index (Phi) is 1.84. The molecule has 9 heavy (non-hydrogen) atoms. The van der Waals surface area contributed by atoms with E-state index in [2.05, 4.69) is 32.8 Å². The summed E-state index contributed by atoms with van der Waals surface area (Å²) in [5.74, 6) is 0.753. The van der Waals surface area contributed by atoms with E-state index in [1.807, 2.05) is 6.92 Å². The van der Waals surface area contributed by atoms with E-state index in [0.717, 1.165) is 0 Å². The third-order valence-electron chi connectivity index (χ3n) is 0.973. The molecule has 0 spiro atoms. The molecule has 0 aliphatic carbocycles. The van der Waals surface area contributed by atoms with Gasteiger partial charge in [0.1, 0.15) is 0 Å². The minimum atomic E-state index is 0.110. The standard InChI is InChI=1S/C4H6N4S/c1-3(2-9)4-5-7-8-6-4/h2-3H,1H3,(H,5,6,7,8). The molecule has 5 heteroatoms. The summed E-state index contributed by atoms with van der Waals surface area (Å²) in [6.45, 7) is 1.91. The lowest BCUT2D eigenvalue weighted by Crippen LogP contribution is -1.95. The first kappa shape index (κ1) is 6.28. The Morgan fingerprint density at radius 1 is 1.78 bits per heavy atom. The summed E-state index contributed by atoms with van der Waals surface area (Å²) in [7, 11) is 0. The number of nitrogens with zero attached hydrogens (tertiary/aromatic N) is 3. The number of aromatic nitrogens is 4. The first-order chi connectivity index (χ1) is 4.34. The van der Waals surface area contributed by atoms with Gasteiger partial charge in [-0.05, 0) is 5.37 Å². The minimum Gasteiger partial charge on any atom is -0.177 e. The topological polar surface area (TPSA) is 54.5 Å². The SMILES string of the molecule is CC(C=S)c1nn[nH]n1. The Hall–Kier alpha value is -0.840. The normalized spacial score (nSPS) is 13.0. The lowest BCUT2D eigenvalue weighted by Gasteiger charge is -1.91. The second kappa shape index (κ2) is 2.63. The van der Waals surface area contributed by atoms with E-state index in [-0.39, 0.29) is 5.92 Å². The van der Waals surface area contributed by atoms with Gasteiger partial charge in [-0.15, -0.1) is 10.2 Å². The molecule has 1 atom stereocenters. The number of thiocarbonyl (C=S) groups is 1. The van der Waals surface area contributed by atoms with E-state index in [0.29, 0.717) is 5.82 Å². The van der Waals surface area contributed by atoms with Gasteiger partial charge in [0.05, 0.1) is 0 Å². The van der Waals surface area contributed by atoms with Gasteiger partial charge >= 0.3 is 0 Å². The number of H-pyrrole nitrogens is 1. The number of tetrazole rings is 1. The molecule has 0 radical (unpaired) electrons. The lowest BCUT2D eigenvalue weighted by molar-refractivity contribution is 0.881. The number of aromatic amines is 1. The molecule has 0 saturated carbocycles. The molecule has 0 bridgehead atoms. The zero-order valence-corrected chi connectivity index (χ0v) is 5.72. The van der Waals surface area contributed by atoms with Crippen molar-refractivity contribution >= 4 is 17.6 Å². The van der Waals surface area contributed by atoms with E-state index >= 15 is 0 Å². The van der Waals surface area contributed by atoms with Crippen molar-refractivity contribution in [3.05, 3.63) is 5.82 Å². The van der Waals surface area contributed by atoms with E-state index in [9.17, 15) is 0 Å². The highest BCUT2D eigenvalue weighted by Gasteiger charge is 2.04. The molecule has 4 nitrogen and oxygen atoms in total. The molecule has 48 valence electrons. The highest BCUT2D eigenvalue weighted by atomic mass is 32.1. The van der Waals surface area contributed by atoms with Crippen LogP contribution in [0.1, 0.15) is 18.7 Å². The largest absolute Gasteiger partial charge is 0.181 e. The third-order valence-corrected chi connectivity index (χ3v) is 1.38. The van der Waals surface area contributed by atoms with E-state index in [1.165, 1.54) is 0 Å². The van der Waals surface area contributed by atoms with Gasteiger partial charge in [-0.25, -0.2) is 0 Å². The van der Waals surface area contributed by atoms with Crippen LogP contribution >= 0.6 is 12.2 Å². The predicted molar refractivity (Wildman–Crippen MR) is 36.2 cm³/mol. The van der Waals surface area contributed by atoms with Gasteiger partial charge in [0.15, 0.2) is 5.82 Å². The summed E-state index contributed by atoms with van der Waals surface area (Å²) in [6, 6.07) is 0. The van der Waals surface area contributed by atoms with Crippen LogP contribution in [0.4, 0.5) is 0 Å². The molecule has 0 aromatic carbocycles. The quantitative estimate of drug-likeness (QED) is 0.603. The van der Waals surface area contributed by atoms with Crippen molar-refractivity contribution in [2.24, 2.45) is 0 Å². The maximum absolute atomic E-state index is 4.68. The Bertz CT molecular complexity index is 182. The Morgan fingerprint density at radius 2 is 2.56 bits per heavy atom. The molecule has 0 aliphatic heterocycles. The van der Waals surface area contributed by atoms with Crippen LogP contribution in [0.5, 0.6) is 0 Å². The minimum absolute atomic E-state index is 0.110. The summed E-state index contributed by atoms with van der Waals surface area (Å²) in [5.41, 5.74) is 0. The fraction of sp³-hybridized carbons (Fsp3) is 0.500. The van der Waals surface area contributed by atoms with Gasteiger partial charge in [0, 0.05) is 5.92 Å². The van der Waals surface area contributed by atoms with Crippen molar-refractivity contribution in [3.8, 4) is 0 Å². The van der Waals surface area contributed by atoms with Crippen LogP contribution in [0.3, 0.4) is 0 Å². The Balaban J connectivity index is 2.76. The number of rotatable bonds is 2. The predicted octanol–water partition coefficient (Wildman–Crippen LogP) is 0.303. The second-order valence-corrected chi connectivity index (χ2v) is 1.97. The molecule has 0 fully saturated rings. The summed E-state index contributed by atoms with van der Waals surface area (Å²) < 4.78 is 0. The van der Waals surface area contributed by atoms with E-state index in [1.54, 1.807) is 5.37 Å². The molecule has 1 rings (SSSR count). The van der Waals surface area contributed by atoms with Crippen LogP contribution in [-0.4, -0.2) is 26.0 Å². The third kappa shape index (κ3) is 1.29. The summed E-state index contributed by atoms with van der Waals surface area (Å²) >= 11 is 4.68. The van der Waals surface area contributed by atoms with Crippen molar-refractivity contribution in [1.82, 2.24) is 20.6 Å². The summed E-state index contributed by atoms with van der Waals surface area (Å²) in [6.07, 6.45) is 0. The highest BCUT2D eigenvalue weighted by Crippen LogP contribution is 2.02. The summed E-state index contributed by atoms with van der Waals surface area (Å²) in [5, 5.41) is 14.8. The van der Waals surface area contributed by atoms with Gasteiger partial charge < -0.3 is 0 Å². The van der Waals surface area contributed by atoms with Crippen LogP contribution in [0.2, 0.25) is 0 Å². The molecular weight excluding hydrogens is 136 g/mol. The van der Waals surface area contributed by atoms with Gasteiger partial charge in [0.2, 0.25) is 0 Å². The van der Waals surface area contributed by atoms with E-state index in [4.69, 9.17) is 0 Å². The Labute approximate surface area is 57.7 Å². The fourth-order valence-electron chi connectivity index (χ4n) is 0.423. The maximum atomic E-state index is 4.68. The zero-order chi connectivity index (χ0) is 6.69. The van der Waals surface area contributed by atoms with Gasteiger partial charge in [-0.1, -0.05) is 24.4 Å². The summed E-state index contributed by atoms with van der Waals surface area (Å²) in [4.78, 5) is 0. The fourth-order valence-corrected chi connectivity index (χ4v) is 0.545. The maximum Gasteiger partial charge on any atom is 0.181 e. The van der Waals surface area contributed by atoms with Crippen LogP contribution in [0.25, 0.3) is 0 Å². The molecular formula is C4H6N4S. The molecule has 1 aromatic heterocycles. The van der Waals surface area contributed by atoms with Gasteiger partial charge in [-0.2, -0.15) is 5.21 Å². The van der Waals surface area contributed by atoms with Gasteiger partial charge in [0.25, 0.3) is 0 Å². The molecule has 1 unspecified atom stereocenters. The average Bonchev–Trinajstić information content (AvgIpc) is 2.37. The van der Waals surface area contributed by atoms with Gasteiger partial charge in [-0.3, -0.25) is 0 Å². The molecule has 0 saturated heterocycles. The van der Waals surface area contributed by atoms with Crippen molar-refractivity contribution in [2.75, 3.05) is 0 Å². The first-order valence-corrected chi connectivity index (χ1v) is 3.00. The van der Waals surface area contributed by atoms with E-state index < -0.39 is 0 Å². The van der Waals surface area contributed by atoms with Crippen LogP contribution < -0.4 is 0 Å². The lowest BCUT2D eigenvalue weighted by atomic mass is 10.2. The van der Waals surface area contributed by atoms with Crippen molar-refractivity contribution in [1.29, 1.82) is 0 Å². The highest BCUT2D eigenvalue weighted by molar-refractivity contribution is 7.79. The molecule has 0 amide bonds. The van der Waals surface area contributed by atoms with Crippen LogP contribution in [0, 0.1) is 0 Å². The monoisotopic (exact) mass is 142 g/mol. The smallest absolute Gasteiger partial charge is 0.177 e. The van der Waals surface area contributed by atoms with Crippen molar-refractivity contribution in [3.63, 3.8) is 0 Å². The second-order valence-electron chi connectivity index (χ2n) is 1.69. The van der Waals surface area contributed by atoms with Crippen molar-refractivity contribution < 1.29 is 0 Å². The first-order valence-electron chi connectivity index (χ1n) is 2.53. The van der Waals surface area contributed by atoms with Crippen LogP contribution in [-0.2, 0) is 0 Å². The number of nitrogens with one attached hydrogen (secondary N) is 1. The zero-order valence-electron chi connectivity index (χ0n) is 4.90.